The van der Waals surface area contributed by atoms with Crippen LogP contribution in [0.5, 0.6) is 0 Å². The lowest BCUT2D eigenvalue weighted by Crippen LogP contribution is -2.18. The third-order valence-corrected chi connectivity index (χ3v) is 5.62. The predicted molar refractivity (Wildman–Crippen MR) is 91.0 cm³/mol. The first-order chi connectivity index (χ1) is 9.13. The smallest absolute Gasteiger partial charge is 0.0377 e. The summed E-state index contributed by atoms with van der Waals surface area (Å²) in [6, 6.07) is 11.1. The molecule has 2 aromatic rings. The normalized spacial score (nSPS) is 12.6. The van der Waals surface area contributed by atoms with Crippen LogP contribution in [0, 0.1) is 0 Å². The third-order valence-electron chi connectivity index (χ3n) is 3.15. The second-order valence-corrected chi connectivity index (χ2v) is 7.46. The van der Waals surface area contributed by atoms with Crippen LogP contribution in [0.15, 0.2) is 39.3 Å². The summed E-state index contributed by atoms with van der Waals surface area (Å²) in [4.78, 5) is 2.89. The van der Waals surface area contributed by atoms with E-state index in [-0.39, 0.29) is 0 Å². The van der Waals surface area contributed by atoms with Gasteiger partial charge in [0.05, 0.1) is 0 Å². The summed E-state index contributed by atoms with van der Waals surface area (Å²) in [5.41, 5.74) is 1.29. The standard InChI is InChI=1S/C15H17Br2NS/c1-3-11-5-6-12(19-11)9-15(18-2)13-8-10(16)4-7-14(13)17/h4-8,15,18H,3,9H2,1-2H3. The van der Waals surface area contributed by atoms with E-state index < -0.39 is 0 Å². The van der Waals surface area contributed by atoms with Gasteiger partial charge in [0, 0.05) is 31.2 Å². The molecule has 0 saturated carbocycles. The SMILES string of the molecule is CCc1ccc(CC(NC)c2cc(Br)ccc2Br)s1. The molecule has 1 nitrogen and oxygen atoms in total. The number of benzene rings is 1. The van der Waals surface area contributed by atoms with Crippen LogP contribution in [0.25, 0.3) is 0 Å². The van der Waals surface area contributed by atoms with Crippen LogP contribution in [-0.2, 0) is 12.8 Å². The van der Waals surface area contributed by atoms with Gasteiger partial charge in [-0.15, -0.1) is 11.3 Å². The highest BCUT2D eigenvalue weighted by Crippen LogP contribution is 2.30. The van der Waals surface area contributed by atoms with Crippen molar-refractivity contribution in [2.75, 3.05) is 7.05 Å². The van der Waals surface area contributed by atoms with Gasteiger partial charge in [-0.3, -0.25) is 0 Å². The molecule has 0 aliphatic carbocycles. The molecule has 1 aromatic heterocycles. The molecule has 102 valence electrons. The molecule has 1 aromatic carbocycles. The van der Waals surface area contributed by atoms with E-state index in [0.717, 1.165) is 21.8 Å². The summed E-state index contributed by atoms with van der Waals surface area (Å²) < 4.78 is 2.27. The van der Waals surface area contributed by atoms with E-state index in [1.807, 2.05) is 18.4 Å². The minimum atomic E-state index is 0.329. The van der Waals surface area contributed by atoms with Gasteiger partial charge in [-0.05, 0) is 49.4 Å². The summed E-state index contributed by atoms with van der Waals surface area (Å²) in [7, 11) is 2.02. The van der Waals surface area contributed by atoms with Crippen molar-refractivity contribution in [1.82, 2.24) is 5.32 Å². The summed E-state index contributed by atoms with van der Waals surface area (Å²) in [6.45, 7) is 2.20. The van der Waals surface area contributed by atoms with E-state index in [1.165, 1.54) is 15.3 Å². The van der Waals surface area contributed by atoms with Gasteiger partial charge >= 0.3 is 0 Å². The zero-order chi connectivity index (χ0) is 13.8. The monoisotopic (exact) mass is 401 g/mol. The van der Waals surface area contributed by atoms with Gasteiger partial charge in [0.15, 0.2) is 0 Å². The number of nitrogens with one attached hydrogen (secondary N) is 1. The molecule has 1 heterocycles. The molecule has 19 heavy (non-hydrogen) atoms. The van der Waals surface area contributed by atoms with Gasteiger partial charge < -0.3 is 5.32 Å². The fourth-order valence-electron chi connectivity index (χ4n) is 2.07. The Balaban J connectivity index is 2.22. The maximum atomic E-state index is 3.65. The van der Waals surface area contributed by atoms with Crippen molar-refractivity contribution < 1.29 is 0 Å². The summed E-state index contributed by atoms with van der Waals surface area (Å²) in [5.74, 6) is 0. The van der Waals surface area contributed by atoms with Crippen molar-refractivity contribution in [3.05, 3.63) is 54.6 Å². The van der Waals surface area contributed by atoms with Crippen molar-refractivity contribution in [3.8, 4) is 0 Å². The first-order valence-corrected chi connectivity index (χ1v) is 8.74. The van der Waals surface area contributed by atoms with Gasteiger partial charge in [-0.2, -0.15) is 0 Å². The van der Waals surface area contributed by atoms with Crippen molar-refractivity contribution in [2.45, 2.75) is 25.8 Å². The van der Waals surface area contributed by atoms with E-state index >= 15 is 0 Å². The van der Waals surface area contributed by atoms with Gasteiger partial charge in [0.25, 0.3) is 0 Å². The van der Waals surface area contributed by atoms with Crippen LogP contribution in [0.4, 0.5) is 0 Å². The number of thiophene rings is 1. The van der Waals surface area contributed by atoms with Crippen LogP contribution >= 0.6 is 43.2 Å². The average Bonchev–Trinajstić information content (AvgIpc) is 2.87. The zero-order valence-electron chi connectivity index (χ0n) is 11.0. The highest BCUT2D eigenvalue weighted by molar-refractivity contribution is 9.11. The van der Waals surface area contributed by atoms with Crippen LogP contribution in [0.2, 0.25) is 0 Å². The van der Waals surface area contributed by atoms with Crippen molar-refractivity contribution in [1.29, 1.82) is 0 Å². The van der Waals surface area contributed by atoms with E-state index in [4.69, 9.17) is 0 Å². The second-order valence-electron chi connectivity index (χ2n) is 4.43. The van der Waals surface area contributed by atoms with Crippen molar-refractivity contribution >= 4 is 43.2 Å². The quantitative estimate of drug-likeness (QED) is 0.711. The first kappa shape index (κ1) is 15.2. The fraction of sp³-hybridized carbons (Fsp3) is 0.333. The molecular formula is C15H17Br2NS. The Kier molecular flexibility index (Phi) is 5.63. The number of hydrogen-bond donors (Lipinski definition) is 1. The topological polar surface area (TPSA) is 12.0 Å². The zero-order valence-corrected chi connectivity index (χ0v) is 15.0. The van der Waals surface area contributed by atoms with Gasteiger partial charge in [-0.1, -0.05) is 38.8 Å². The van der Waals surface area contributed by atoms with Gasteiger partial charge in [-0.25, -0.2) is 0 Å². The molecule has 1 unspecified atom stereocenters. The summed E-state index contributed by atoms with van der Waals surface area (Å²) in [6.07, 6.45) is 2.14. The maximum Gasteiger partial charge on any atom is 0.0377 e. The Labute approximate surface area is 135 Å². The molecule has 1 N–H and O–H groups in total. The van der Waals surface area contributed by atoms with Gasteiger partial charge in [0.1, 0.15) is 0 Å². The Bertz CT molecular complexity index is 551. The lowest BCUT2D eigenvalue weighted by Gasteiger charge is -2.18. The van der Waals surface area contributed by atoms with Crippen LogP contribution in [0.1, 0.15) is 28.3 Å². The molecule has 0 spiro atoms. The first-order valence-electron chi connectivity index (χ1n) is 6.33. The number of aryl methyl sites for hydroxylation is 1. The summed E-state index contributed by atoms with van der Waals surface area (Å²) >= 11 is 9.11. The second kappa shape index (κ2) is 7.02. The Morgan fingerprint density at radius 1 is 1.16 bits per heavy atom. The van der Waals surface area contributed by atoms with E-state index in [9.17, 15) is 0 Å². The Morgan fingerprint density at radius 2 is 1.89 bits per heavy atom. The highest BCUT2D eigenvalue weighted by atomic mass is 79.9. The number of likely N-dealkylation sites (N-methyl/N-ethyl adjacent to an activating group) is 1. The molecule has 0 aliphatic rings. The van der Waals surface area contributed by atoms with E-state index in [0.29, 0.717) is 6.04 Å². The number of rotatable bonds is 5. The highest BCUT2D eigenvalue weighted by Gasteiger charge is 2.14. The molecule has 0 bridgehead atoms. The average molecular weight is 403 g/mol. The van der Waals surface area contributed by atoms with Crippen molar-refractivity contribution in [2.24, 2.45) is 0 Å². The molecule has 2 rings (SSSR count). The largest absolute Gasteiger partial charge is 0.313 e. The Hall–Kier alpha value is -0.160. The number of hydrogen-bond acceptors (Lipinski definition) is 2. The fourth-order valence-corrected chi connectivity index (χ4v) is 3.98. The van der Waals surface area contributed by atoms with E-state index in [1.54, 1.807) is 0 Å². The molecule has 0 aliphatic heterocycles. The van der Waals surface area contributed by atoms with Crippen LogP contribution < -0.4 is 5.32 Å². The van der Waals surface area contributed by atoms with Crippen LogP contribution in [-0.4, -0.2) is 7.05 Å². The predicted octanol–water partition coefficient (Wildman–Crippen LogP) is 5.34. The molecule has 4 heteroatoms. The lowest BCUT2D eigenvalue weighted by atomic mass is 10.0. The van der Waals surface area contributed by atoms with Crippen LogP contribution in [0.3, 0.4) is 0 Å². The minimum Gasteiger partial charge on any atom is -0.313 e. The molecule has 0 fully saturated rings. The maximum absolute atomic E-state index is 3.65. The van der Waals surface area contributed by atoms with Crippen molar-refractivity contribution in [3.63, 3.8) is 0 Å². The molecular weight excluding hydrogens is 386 g/mol. The molecule has 1 atom stereocenters. The number of halogens is 2. The molecule has 0 saturated heterocycles. The lowest BCUT2D eigenvalue weighted by molar-refractivity contribution is 0.594. The molecule has 0 radical (unpaired) electrons. The minimum absolute atomic E-state index is 0.329. The third kappa shape index (κ3) is 3.91. The Morgan fingerprint density at radius 3 is 2.53 bits per heavy atom. The molecule has 0 amide bonds. The van der Waals surface area contributed by atoms with Gasteiger partial charge in [0.2, 0.25) is 0 Å². The van der Waals surface area contributed by atoms with E-state index in [2.05, 4.69) is 74.4 Å². The summed E-state index contributed by atoms with van der Waals surface area (Å²) in [5, 5.41) is 3.42.